The number of carbonyl (C=O) groups is 1. The topological polar surface area (TPSA) is 47.4 Å². The molecule has 0 aliphatic carbocycles. The predicted octanol–water partition coefficient (Wildman–Crippen LogP) is 1.10. The number of hydrogen-bond donors (Lipinski definition) is 0. The van der Waals surface area contributed by atoms with E-state index in [1.807, 2.05) is 16.6 Å². The molecule has 2 heterocycles. The van der Waals surface area contributed by atoms with E-state index < -0.39 is 0 Å². The number of morpholine rings is 1. The first-order valence-corrected chi connectivity index (χ1v) is 6.48. The van der Waals surface area contributed by atoms with Crippen LogP contribution in [0.25, 0.3) is 0 Å². The van der Waals surface area contributed by atoms with E-state index in [1.165, 1.54) is 0 Å². The molecule has 2 rings (SSSR count). The molecule has 0 saturated carbocycles. The van der Waals surface area contributed by atoms with Crippen LogP contribution in [0.2, 0.25) is 0 Å². The maximum atomic E-state index is 11.7. The lowest BCUT2D eigenvalue weighted by molar-refractivity contribution is -0.143. The van der Waals surface area contributed by atoms with Gasteiger partial charge in [-0.25, -0.2) is 0 Å². The van der Waals surface area contributed by atoms with Crippen molar-refractivity contribution < 1.29 is 9.53 Å². The number of ether oxygens (including phenoxy) is 1. The number of rotatable bonds is 3. The minimum atomic E-state index is 0.0439. The van der Waals surface area contributed by atoms with Crippen molar-refractivity contribution in [1.82, 2.24) is 14.7 Å². The summed E-state index contributed by atoms with van der Waals surface area (Å²) in [5.41, 5.74) is 2.07. The van der Waals surface area contributed by atoms with Crippen LogP contribution in [0.3, 0.4) is 0 Å². The number of carbonyl (C=O) groups excluding carboxylic acids is 1. The van der Waals surface area contributed by atoms with Crippen molar-refractivity contribution in [3.8, 4) is 0 Å². The van der Waals surface area contributed by atoms with Gasteiger partial charge in [0.15, 0.2) is 0 Å². The van der Waals surface area contributed by atoms with E-state index >= 15 is 0 Å². The third-order valence-corrected chi connectivity index (χ3v) is 3.84. The molecule has 1 saturated heterocycles. The molecular weight excluding hydrogens is 286 g/mol. The predicted molar refractivity (Wildman–Crippen MR) is 66.5 cm³/mol. The van der Waals surface area contributed by atoms with Gasteiger partial charge in [-0.2, -0.15) is 5.10 Å². The van der Waals surface area contributed by atoms with Gasteiger partial charge >= 0.3 is 0 Å². The number of halogens is 1. The zero-order chi connectivity index (χ0) is 12.4. The maximum Gasteiger partial charge on any atom is 0.249 e. The Labute approximate surface area is 109 Å². The van der Waals surface area contributed by atoms with Crippen LogP contribution < -0.4 is 0 Å². The van der Waals surface area contributed by atoms with Gasteiger partial charge in [-0.15, -0.1) is 0 Å². The Balaban J connectivity index is 2.17. The first-order valence-electron chi connectivity index (χ1n) is 5.69. The third kappa shape index (κ3) is 2.52. The number of nitrogens with zero attached hydrogens (tertiary/aromatic N) is 3. The van der Waals surface area contributed by atoms with Gasteiger partial charge in [-0.05, 0) is 22.4 Å². The molecule has 0 atom stereocenters. The monoisotopic (exact) mass is 301 g/mol. The highest BCUT2D eigenvalue weighted by atomic mass is 79.9. The Morgan fingerprint density at radius 3 is 2.88 bits per heavy atom. The third-order valence-electron chi connectivity index (χ3n) is 2.93. The lowest BCUT2D eigenvalue weighted by Gasteiger charge is -2.26. The van der Waals surface area contributed by atoms with Gasteiger partial charge in [0, 0.05) is 13.6 Å². The average molecular weight is 302 g/mol. The second kappa shape index (κ2) is 5.18. The van der Waals surface area contributed by atoms with E-state index in [0.29, 0.717) is 19.7 Å². The normalized spacial score (nSPS) is 16.6. The van der Waals surface area contributed by atoms with E-state index in [9.17, 15) is 4.79 Å². The Bertz CT molecular complexity index is 431. The van der Waals surface area contributed by atoms with Crippen LogP contribution in [0.4, 0.5) is 0 Å². The van der Waals surface area contributed by atoms with Crippen LogP contribution in [0.15, 0.2) is 4.47 Å². The van der Waals surface area contributed by atoms with Gasteiger partial charge in [0.1, 0.15) is 6.61 Å². The van der Waals surface area contributed by atoms with Crippen molar-refractivity contribution in [2.24, 2.45) is 7.05 Å². The molecule has 1 aliphatic heterocycles. The first-order chi connectivity index (χ1) is 8.13. The Kier molecular flexibility index (Phi) is 3.83. The number of hydrogen-bond acceptors (Lipinski definition) is 3. The van der Waals surface area contributed by atoms with Crippen LogP contribution in [-0.2, 0) is 29.5 Å². The molecule has 0 radical (unpaired) electrons. The van der Waals surface area contributed by atoms with Crippen molar-refractivity contribution in [3.05, 3.63) is 15.9 Å². The zero-order valence-electron chi connectivity index (χ0n) is 10.1. The number of aryl methyl sites for hydroxylation is 2. The fraction of sp³-hybridized carbons (Fsp3) is 0.636. The minimum absolute atomic E-state index is 0.0439. The summed E-state index contributed by atoms with van der Waals surface area (Å²) in [6.45, 7) is 4.11. The van der Waals surface area contributed by atoms with Crippen molar-refractivity contribution in [3.63, 3.8) is 0 Å². The van der Waals surface area contributed by atoms with E-state index in [0.717, 1.165) is 22.3 Å². The van der Waals surface area contributed by atoms with Crippen LogP contribution in [-0.4, -0.2) is 40.3 Å². The molecule has 0 unspecified atom stereocenters. The van der Waals surface area contributed by atoms with Gasteiger partial charge in [0.05, 0.1) is 29.0 Å². The smallest absolute Gasteiger partial charge is 0.249 e. The van der Waals surface area contributed by atoms with Gasteiger partial charge in [-0.3, -0.25) is 9.48 Å². The molecule has 1 fully saturated rings. The second-order valence-electron chi connectivity index (χ2n) is 4.05. The van der Waals surface area contributed by atoms with Gasteiger partial charge in [0.2, 0.25) is 5.91 Å². The number of aromatic nitrogens is 2. The van der Waals surface area contributed by atoms with Crippen LogP contribution >= 0.6 is 15.9 Å². The molecule has 5 nitrogen and oxygen atoms in total. The lowest BCUT2D eigenvalue weighted by Crippen LogP contribution is -2.41. The van der Waals surface area contributed by atoms with E-state index in [4.69, 9.17) is 4.74 Å². The lowest BCUT2D eigenvalue weighted by atomic mass is 10.3. The summed E-state index contributed by atoms with van der Waals surface area (Å²) in [5, 5.41) is 4.42. The standard InChI is InChI=1S/C11H16BrN3O2/c1-3-8-11(12)9(14(2)13-8)6-15-4-5-17-7-10(15)16/h3-7H2,1-2H3. The summed E-state index contributed by atoms with van der Waals surface area (Å²) in [6.07, 6.45) is 0.880. The largest absolute Gasteiger partial charge is 0.370 e. The summed E-state index contributed by atoms with van der Waals surface area (Å²) in [5.74, 6) is 0.0439. The number of amides is 1. The highest BCUT2D eigenvalue weighted by molar-refractivity contribution is 9.10. The molecule has 17 heavy (non-hydrogen) atoms. The van der Waals surface area contributed by atoms with Crippen LogP contribution in [0.1, 0.15) is 18.3 Å². The Hall–Kier alpha value is -0.880. The molecule has 1 aromatic rings. The molecule has 1 aromatic heterocycles. The van der Waals surface area contributed by atoms with Crippen molar-refractivity contribution in [2.75, 3.05) is 19.8 Å². The van der Waals surface area contributed by atoms with Crippen LogP contribution in [0.5, 0.6) is 0 Å². The highest BCUT2D eigenvalue weighted by Crippen LogP contribution is 2.23. The van der Waals surface area contributed by atoms with Gasteiger partial charge in [-0.1, -0.05) is 6.92 Å². The zero-order valence-corrected chi connectivity index (χ0v) is 11.7. The van der Waals surface area contributed by atoms with Crippen molar-refractivity contribution in [2.45, 2.75) is 19.9 Å². The summed E-state index contributed by atoms with van der Waals surface area (Å²) < 4.78 is 7.97. The second-order valence-corrected chi connectivity index (χ2v) is 4.85. The molecule has 94 valence electrons. The van der Waals surface area contributed by atoms with E-state index in [-0.39, 0.29) is 12.5 Å². The molecule has 1 amide bonds. The summed E-state index contributed by atoms with van der Waals surface area (Å²) in [6, 6.07) is 0. The minimum Gasteiger partial charge on any atom is -0.370 e. The summed E-state index contributed by atoms with van der Waals surface area (Å²) in [4.78, 5) is 13.5. The fourth-order valence-corrected chi connectivity index (χ4v) is 2.63. The first kappa shape index (κ1) is 12.6. The molecule has 0 bridgehead atoms. The molecule has 6 heteroatoms. The highest BCUT2D eigenvalue weighted by Gasteiger charge is 2.22. The fourth-order valence-electron chi connectivity index (χ4n) is 1.89. The van der Waals surface area contributed by atoms with Crippen molar-refractivity contribution in [1.29, 1.82) is 0 Å². The Morgan fingerprint density at radius 2 is 2.29 bits per heavy atom. The average Bonchev–Trinajstić information content (AvgIpc) is 2.59. The van der Waals surface area contributed by atoms with Crippen LogP contribution in [0, 0.1) is 0 Å². The quantitative estimate of drug-likeness (QED) is 0.840. The molecular formula is C11H16BrN3O2. The van der Waals surface area contributed by atoms with E-state index in [2.05, 4.69) is 28.0 Å². The SMILES string of the molecule is CCc1nn(C)c(CN2CCOCC2=O)c1Br. The molecule has 0 aromatic carbocycles. The molecule has 0 spiro atoms. The van der Waals surface area contributed by atoms with Gasteiger partial charge in [0.25, 0.3) is 0 Å². The summed E-state index contributed by atoms with van der Waals surface area (Å²) in [7, 11) is 1.91. The Morgan fingerprint density at radius 1 is 1.53 bits per heavy atom. The van der Waals surface area contributed by atoms with Gasteiger partial charge < -0.3 is 9.64 Å². The summed E-state index contributed by atoms with van der Waals surface area (Å²) >= 11 is 3.56. The molecule has 1 aliphatic rings. The molecule has 0 N–H and O–H groups in total. The van der Waals surface area contributed by atoms with E-state index in [1.54, 1.807) is 0 Å². The maximum absolute atomic E-state index is 11.7. The van der Waals surface area contributed by atoms with Crippen molar-refractivity contribution >= 4 is 21.8 Å².